The molecule has 0 aliphatic rings. The lowest BCUT2D eigenvalue weighted by atomic mass is 10.1. The number of non-ortho nitro benzene ring substituents is 1. The summed E-state index contributed by atoms with van der Waals surface area (Å²) in [5, 5.41) is 14.7. The molecule has 10 heteroatoms. The SMILES string of the molecule is C[C@H](NS(=O)(=O)c1ccc([N+](=O)[O-])cc1)c1ccc(-n2cncn2)cc1. The zero-order valence-electron chi connectivity index (χ0n) is 13.7. The van der Waals surface area contributed by atoms with Gasteiger partial charge in [-0.1, -0.05) is 12.1 Å². The second-order valence-electron chi connectivity index (χ2n) is 5.53. The van der Waals surface area contributed by atoms with Crippen LogP contribution >= 0.6 is 0 Å². The first-order valence-corrected chi connectivity index (χ1v) is 9.07. The van der Waals surface area contributed by atoms with E-state index in [0.717, 1.165) is 23.4 Å². The van der Waals surface area contributed by atoms with Crippen LogP contribution < -0.4 is 4.72 Å². The van der Waals surface area contributed by atoms with Gasteiger partial charge in [0.15, 0.2) is 0 Å². The summed E-state index contributed by atoms with van der Waals surface area (Å²) in [4.78, 5) is 13.9. The number of hydrogen-bond acceptors (Lipinski definition) is 6. The third-order valence-electron chi connectivity index (χ3n) is 3.77. The highest BCUT2D eigenvalue weighted by atomic mass is 32.2. The molecule has 0 spiro atoms. The third-order valence-corrected chi connectivity index (χ3v) is 5.32. The number of nitro groups is 1. The van der Waals surface area contributed by atoms with Crippen molar-refractivity contribution in [3.8, 4) is 5.69 Å². The highest BCUT2D eigenvalue weighted by molar-refractivity contribution is 7.89. The largest absolute Gasteiger partial charge is 0.269 e. The third kappa shape index (κ3) is 3.76. The van der Waals surface area contributed by atoms with Crippen molar-refractivity contribution < 1.29 is 13.3 Å². The maximum absolute atomic E-state index is 12.4. The summed E-state index contributed by atoms with van der Waals surface area (Å²) in [7, 11) is -3.80. The fourth-order valence-corrected chi connectivity index (χ4v) is 3.61. The molecule has 1 N–H and O–H groups in total. The zero-order chi connectivity index (χ0) is 18.7. The quantitative estimate of drug-likeness (QED) is 0.522. The molecule has 1 atom stereocenters. The van der Waals surface area contributed by atoms with E-state index in [9.17, 15) is 18.5 Å². The van der Waals surface area contributed by atoms with Crippen LogP contribution in [-0.4, -0.2) is 28.1 Å². The molecule has 0 fully saturated rings. The second-order valence-corrected chi connectivity index (χ2v) is 7.24. The molecule has 0 aliphatic heterocycles. The monoisotopic (exact) mass is 373 g/mol. The minimum Gasteiger partial charge on any atom is -0.258 e. The molecule has 1 heterocycles. The minimum atomic E-state index is -3.80. The van der Waals surface area contributed by atoms with Gasteiger partial charge >= 0.3 is 0 Å². The van der Waals surface area contributed by atoms with Crippen LogP contribution in [0.3, 0.4) is 0 Å². The van der Waals surface area contributed by atoms with Gasteiger partial charge in [0.05, 0.1) is 15.5 Å². The van der Waals surface area contributed by atoms with E-state index >= 15 is 0 Å². The Hall–Kier alpha value is -3.11. The number of hydrogen-bond donors (Lipinski definition) is 1. The van der Waals surface area contributed by atoms with Gasteiger partial charge in [0.1, 0.15) is 12.7 Å². The first-order chi connectivity index (χ1) is 12.4. The molecule has 134 valence electrons. The van der Waals surface area contributed by atoms with Crippen LogP contribution in [0.1, 0.15) is 18.5 Å². The van der Waals surface area contributed by atoms with E-state index in [-0.39, 0.29) is 10.6 Å². The molecular formula is C16H15N5O4S. The smallest absolute Gasteiger partial charge is 0.258 e. The average Bonchev–Trinajstić information content (AvgIpc) is 3.16. The summed E-state index contributed by atoms with van der Waals surface area (Å²) in [6, 6.07) is 11.4. The van der Waals surface area contributed by atoms with Crippen molar-refractivity contribution in [1.29, 1.82) is 0 Å². The van der Waals surface area contributed by atoms with Gasteiger partial charge in [0.2, 0.25) is 10.0 Å². The molecule has 0 saturated heterocycles. The fraction of sp³-hybridized carbons (Fsp3) is 0.125. The molecule has 0 aliphatic carbocycles. The Morgan fingerprint density at radius 1 is 1.12 bits per heavy atom. The number of nitrogens with one attached hydrogen (secondary N) is 1. The molecule has 0 radical (unpaired) electrons. The van der Waals surface area contributed by atoms with Crippen molar-refractivity contribution in [3.05, 3.63) is 76.9 Å². The maximum Gasteiger partial charge on any atom is 0.269 e. The van der Waals surface area contributed by atoms with Crippen LogP contribution in [0.2, 0.25) is 0 Å². The summed E-state index contributed by atoms with van der Waals surface area (Å²) < 4.78 is 29.0. The first-order valence-electron chi connectivity index (χ1n) is 7.58. The van der Waals surface area contributed by atoms with E-state index < -0.39 is 21.0 Å². The first kappa shape index (κ1) is 17.7. The zero-order valence-corrected chi connectivity index (χ0v) is 14.5. The Labute approximate surface area is 149 Å². The Kier molecular flexibility index (Phi) is 4.78. The Morgan fingerprint density at radius 3 is 2.31 bits per heavy atom. The number of sulfonamides is 1. The van der Waals surface area contributed by atoms with Crippen molar-refractivity contribution in [1.82, 2.24) is 19.5 Å². The van der Waals surface area contributed by atoms with Gasteiger partial charge in [-0.2, -0.15) is 5.10 Å². The minimum absolute atomic E-state index is 0.0332. The van der Waals surface area contributed by atoms with E-state index in [4.69, 9.17) is 0 Å². The highest BCUT2D eigenvalue weighted by Crippen LogP contribution is 2.20. The number of rotatable bonds is 6. The molecule has 0 unspecified atom stereocenters. The molecule has 1 aromatic heterocycles. The van der Waals surface area contributed by atoms with E-state index in [1.165, 1.54) is 18.5 Å². The maximum atomic E-state index is 12.4. The number of aromatic nitrogens is 3. The number of benzene rings is 2. The van der Waals surface area contributed by atoms with Crippen molar-refractivity contribution in [2.75, 3.05) is 0 Å². The van der Waals surface area contributed by atoms with Gasteiger partial charge in [0.25, 0.3) is 5.69 Å². The highest BCUT2D eigenvalue weighted by Gasteiger charge is 2.19. The summed E-state index contributed by atoms with van der Waals surface area (Å²) in [6.45, 7) is 1.72. The number of nitrogens with zero attached hydrogens (tertiary/aromatic N) is 4. The molecule has 2 aromatic carbocycles. The van der Waals surface area contributed by atoms with Crippen LogP contribution in [0, 0.1) is 10.1 Å². The van der Waals surface area contributed by atoms with E-state index in [1.807, 2.05) is 0 Å². The molecule has 3 aromatic rings. The van der Waals surface area contributed by atoms with E-state index in [1.54, 1.807) is 42.2 Å². The Balaban J connectivity index is 1.75. The standard InChI is InChI=1S/C16H15N5O4S/c1-12(13-2-4-14(5-3-13)20-11-17-10-18-20)19-26(24,25)16-8-6-15(7-9-16)21(22)23/h2-12,19H,1H3/t12-/m0/s1. The van der Waals surface area contributed by atoms with Crippen LogP contribution in [0.15, 0.2) is 66.1 Å². The van der Waals surface area contributed by atoms with Crippen molar-refractivity contribution in [2.24, 2.45) is 0 Å². The average molecular weight is 373 g/mol. The lowest BCUT2D eigenvalue weighted by Crippen LogP contribution is -2.26. The van der Waals surface area contributed by atoms with Gasteiger partial charge in [-0.25, -0.2) is 22.8 Å². The lowest BCUT2D eigenvalue weighted by molar-refractivity contribution is -0.384. The van der Waals surface area contributed by atoms with Crippen LogP contribution in [-0.2, 0) is 10.0 Å². The van der Waals surface area contributed by atoms with Crippen LogP contribution in [0.25, 0.3) is 5.69 Å². The van der Waals surface area contributed by atoms with Crippen LogP contribution in [0.4, 0.5) is 5.69 Å². The molecule has 0 amide bonds. The van der Waals surface area contributed by atoms with Crippen LogP contribution in [0.5, 0.6) is 0 Å². The van der Waals surface area contributed by atoms with Gasteiger partial charge < -0.3 is 0 Å². The fourth-order valence-electron chi connectivity index (χ4n) is 2.37. The summed E-state index contributed by atoms with van der Waals surface area (Å²) in [5.74, 6) is 0. The molecule has 9 nitrogen and oxygen atoms in total. The van der Waals surface area contributed by atoms with E-state index in [0.29, 0.717) is 0 Å². The predicted molar refractivity (Wildman–Crippen MR) is 93.2 cm³/mol. The molecule has 26 heavy (non-hydrogen) atoms. The predicted octanol–water partition coefficient (Wildman–Crippen LogP) is 2.21. The summed E-state index contributed by atoms with van der Waals surface area (Å²) >= 11 is 0. The van der Waals surface area contributed by atoms with E-state index in [2.05, 4.69) is 14.8 Å². The lowest BCUT2D eigenvalue weighted by Gasteiger charge is -2.15. The van der Waals surface area contributed by atoms with Gasteiger partial charge in [-0.05, 0) is 36.8 Å². The normalized spacial score (nSPS) is 12.7. The Bertz CT molecular complexity index is 1000. The molecule has 0 saturated carbocycles. The van der Waals surface area contributed by atoms with Crippen molar-refractivity contribution >= 4 is 15.7 Å². The summed E-state index contributed by atoms with van der Waals surface area (Å²) in [5.41, 5.74) is 1.40. The van der Waals surface area contributed by atoms with Crippen molar-refractivity contribution in [2.45, 2.75) is 17.9 Å². The van der Waals surface area contributed by atoms with Gasteiger partial charge in [-0.3, -0.25) is 10.1 Å². The van der Waals surface area contributed by atoms with Gasteiger partial charge in [-0.15, -0.1) is 0 Å². The van der Waals surface area contributed by atoms with Gasteiger partial charge in [0, 0.05) is 18.2 Å². The second kappa shape index (κ2) is 7.02. The topological polar surface area (TPSA) is 120 Å². The number of nitro benzene ring substituents is 1. The molecule has 0 bridgehead atoms. The Morgan fingerprint density at radius 2 is 1.77 bits per heavy atom. The van der Waals surface area contributed by atoms with Crippen molar-refractivity contribution in [3.63, 3.8) is 0 Å². The summed E-state index contributed by atoms with van der Waals surface area (Å²) in [6.07, 6.45) is 2.99. The molecular weight excluding hydrogens is 358 g/mol. The molecule has 3 rings (SSSR count).